The first kappa shape index (κ1) is 14.7. The van der Waals surface area contributed by atoms with Gasteiger partial charge in [-0.05, 0) is 13.3 Å². The second-order valence-corrected chi connectivity index (χ2v) is 5.07. The van der Waals surface area contributed by atoms with Gasteiger partial charge in [0.2, 0.25) is 11.8 Å². The fourth-order valence-corrected chi connectivity index (χ4v) is 2.14. The largest absolute Gasteiger partial charge is 0.339 e. The van der Waals surface area contributed by atoms with E-state index in [2.05, 4.69) is 0 Å². The molecule has 1 saturated heterocycles. The highest BCUT2D eigenvalue weighted by Crippen LogP contribution is 2.10. The van der Waals surface area contributed by atoms with Crippen molar-refractivity contribution >= 4 is 11.8 Å². The van der Waals surface area contributed by atoms with E-state index in [1.807, 2.05) is 43.6 Å². The number of hydrogen-bond acceptors (Lipinski definition) is 2. The molecule has 0 saturated carbocycles. The maximum atomic E-state index is 12.1. The third-order valence-corrected chi connectivity index (χ3v) is 3.22. The van der Waals surface area contributed by atoms with Gasteiger partial charge in [0, 0.05) is 37.7 Å². The molecule has 4 nitrogen and oxygen atoms in total. The van der Waals surface area contributed by atoms with Gasteiger partial charge < -0.3 is 9.80 Å². The van der Waals surface area contributed by atoms with Crippen LogP contribution < -0.4 is 0 Å². The lowest BCUT2D eigenvalue weighted by Crippen LogP contribution is -2.51. The summed E-state index contributed by atoms with van der Waals surface area (Å²) in [4.78, 5) is 27.6. The van der Waals surface area contributed by atoms with Crippen molar-refractivity contribution in [2.24, 2.45) is 5.92 Å². The van der Waals surface area contributed by atoms with Crippen LogP contribution in [0.1, 0.15) is 34.1 Å². The van der Waals surface area contributed by atoms with Crippen molar-refractivity contribution in [3.8, 4) is 0 Å². The first-order valence-corrected chi connectivity index (χ1v) is 6.72. The van der Waals surface area contributed by atoms with Gasteiger partial charge in [0.25, 0.3) is 0 Å². The molecule has 0 aromatic heterocycles. The number of piperazine rings is 1. The van der Waals surface area contributed by atoms with Crippen LogP contribution in [-0.4, -0.2) is 47.8 Å². The molecular weight excluding hydrogens is 228 g/mol. The van der Waals surface area contributed by atoms with Crippen LogP contribution in [0.25, 0.3) is 0 Å². The van der Waals surface area contributed by atoms with E-state index in [9.17, 15) is 9.59 Å². The lowest BCUT2D eigenvalue weighted by Gasteiger charge is -2.35. The molecule has 1 aliphatic heterocycles. The lowest BCUT2D eigenvalue weighted by molar-refractivity contribution is -0.139. The quantitative estimate of drug-likeness (QED) is 0.717. The average Bonchev–Trinajstić information content (AvgIpc) is 2.37. The van der Waals surface area contributed by atoms with Gasteiger partial charge in [-0.1, -0.05) is 26.8 Å². The molecule has 1 heterocycles. The number of carbonyl (C=O) groups is 2. The van der Waals surface area contributed by atoms with E-state index in [0.29, 0.717) is 26.2 Å². The molecule has 18 heavy (non-hydrogen) atoms. The summed E-state index contributed by atoms with van der Waals surface area (Å²) in [6.07, 6.45) is 2.83. The Labute approximate surface area is 110 Å². The van der Waals surface area contributed by atoms with Gasteiger partial charge in [0.05, 0.1) is 0 Å². The van der Waals surface area contributed by atoms with Crippen LogP contribution in [-0.2, 0) is 9.59 Å². The van der Waals surface area contributed by atoms with Crippen LogP contribution in [0.15, 0.2) is 11.6 Å². The van der Waals surface area contributed by atoms with Gasteiger partial charge in [-0.15, -0.1) is 0 Å². The van der Waals surface area contributed by atoms with Gasteiger partial charge in [-0.2, -0.15) is 0 Å². The summed E-state index contributed by atoms with van der Waals surface area (Å²) in [6.45, 7) is 10.3. The van der Waals surface area contributed by atoms with Gasteiger partial charge in [-0.25, -0.2) is 0 Å². The maximum absolute atomic E-state index is 12.1. The smallest absolute Gasteiger partial charge is 0.249 e. The molecule has 0 aliphatic carbocycles. The molecule has 2 amide bonds. The number of allylic oxidation sites excluding steroid dienone is 1. The van der Waals surface area contributed by atoms with E-state index < -0.39 is 0 Å². The lowest BCUT2D eigenvalue weighted by atomic mass is 10.1. The van der Waals surface area contributed by atoms with E-state index in [-0.39, 0.29) is 17.7 Å². The van der Waals surface area contributed by atoms with Crippen molar-refractivity contribution in [1.82, 2.24) is 9.80 Å². The number of nitrogens with zero attached hydrogens (tertiary/aromatic N) is 2. The normalized spacial score (nSPS) is 17.3. The number of carbonyl (C=O) groups excluding carboxylic acids is 2. The topological polar surface area (TPSA) is 40.6 Å². The van der Waals surface area contributed by atoms with Crippen LogP contribution in [0.4, 0.5) is 0 Å². The molecule has 0 bridgehead atoms. The summed E-state index contributed by atoms with van der Waals surface area (Å²) < 4.78 is 0. The van der Waals surface area contributed by atoms with Gasteiger partial charge in [-0.3, -0.25) is 9.59 Å². The summed E-state index contributed by atoms with van der Waals surface area (Å²) in [7, 11) is 0. The molecule has 1 rings (SSSR count). The monoisotopic (exact) mass is 252 g/mol. The fourth-order valence-electron chi connectivity index (χ4n) is 2.14. The van der Waals surface area contributed by atoms with E-state index in [4.69, 9.17) is 0 Å². The van der Waals surface area contributed by atoms with Gasteiger partial charge in [0.1, 0.15) is 0 Å². The predicted molar refractivity (Wildman–Crippen MR) is 72.0 cm³/mol. The molecule has 0 unspecified atom stereocenters. The zero-order valence-corrected chi connectivity index (χ0v) is 11.9. The summed E-state index contributed by atoms with van der Waals surface area (Å²) in [5.74, 6) is 0.324. The Bertz CT molecular complexity index is 340. The van der Waals surface area contributed by atoms with Crippen LogP contribution in [0.3, 0.4) is 0 Å². The predicted octanol–water partition coefficient (Wildman–Crippen LogP) is 1.67. The summed E-state index contributed by atoms with van der Waals surface area (Å²) >= 11 is 0. The van der Waals surface area contributed by atoms with Crippen LogP contribution in [0.2, 0.25) is 0 Å². The molecule has 102 valence electrons. The molecule has 0 aromatic carbocycles. The number of hydrogen-bond donors (Lipinski definition) is 0. The maximum Gasteiger partial charge on any atom is 0.249 e. The molecule has 0 atom stereocenters. The first-order chi connectivity index (χ1) is 8.47. The number of rotatable bonds is 3. The van der Waals surface area contributed by atoms with Crippen molar-refractivity contribution in [1.29, 1.82) is 0 Å². The Morgan fingerprint density at radius 2 is 1.61 bits per heavy atom. The molecule has 0 radical (unpaired) electrons. The van der Waals surface area contributed by atoms with E-state index in [1.54, 1.807) is 0 Å². The molecule has 0 spiro atoms. The summed E-state index contributed by atoms with van der Waals surface area (Å²) in [5, 5.41) is 0. The van der Waals surface area contributed by atoms with E-state index >= 15 is 0 Å². The zero-order valence-electron chi connectivity index (χ0n) is 11.9. The van der Waals surface area contributed by atoms with Crippen molar-refractivity contribution < 1.29 is 9.59 Å². The second kappa shape index (κ2) is 6.57. The third-order valence-electron chi connectivity index (χ3n) is 3.22. The molecule has 1 aliphatic rings. The van der Waals surface area contributed by atoms with Crippen molar-refractivity contribution in [3.05, 3.63) is 11.6 Å². The fraction of sp³-hybridized carbons (Fsp3) is 0.714. The highest BCUT2D eigenvalue weighted by atomic mass is 16.2. The summed E-state index contributed by atoms with van der Waals surface area (Å²) in [5.41, 5.74) is 0.807. The van der Waals surface area contributed by atoms with Crippen LogP contribution >= 0.6 is 0 Å². The molecule has 1 fully saturated rings. The van der Waals surface area contributed by atoms with Crippen molar-refractivity contribution in [2.45, 2.75) is 34.1 Å². The van der Waals surface area contributed by atoms with Gasteiger partial charge >= 0.3 is 0 Å². The highest BCUT2D eigenvalue weighted by molar-refractivity contribution is 5.93. The molecule has 0 aromatic rings. The Kier molecular flexibility index (Phi) is 5.38. The molecule has 0 N–H and O–H groups in total. The van der Waals surface area contributed by atoms with Crippen molar-refractivity contribution in [3.63, 3.8) is 0 Å². The van der Waals surface area contributed by atoms with Crippen LogP contribution in [0, 0.1) is 5.92 Å². The third kappa shape index (κ3) is 3.59. The SMILES string of the molecule is CCC=C(C)C(=O)N1CCN(C(=O)C(C)C)CC1. The first-order valence-electron chi connectivity index (χ1n) is 6.72. The van der Waals surface area contributed by atoms with Crippen LogP contribution in [0.5, 0.6) is 0 Å². The number of amides is 2. The standard InChI is InChI=1S/C14H24N2O2/c1-5-6-12(4)14(18)16-9-7-15(8-10-16)13(17)11(2)3/h6,11H,5,7-10H2,1-4H3. The zero-order chi connectivity index (χ0) is 13.7. The van der Waals surface area contributed by atoms with Gasteiger partial charge in [0.15, 0.2) is 0 Å². The minimum absolute atomic E-state index is 0.0361. The van der Waals surface area contributed by atoms with E-state index in [1.165, 1.54) is 0 Å². The van der Waals surface area contributed by atoms with E-state index in [0.717, 1.165) is 12.0 Å². The van der Waals surface area contributed by atoms with Crippen molar-refractivity contribution in [2.75, 3.05) is 26.2 Å². The highest BCUT2D eigenvalue weighted by Gasteiger charge is 2.25. The Morgan fingerprint density at radius 3 is 2.06 bits per heavy atom. The molecule has 4 heteroatoms. The summed E-state index contributed by atoms with van der Waals surface area (Å²) in [6, 6.07) is 0. The molecular formula is C14H24N2O2. The Morgan fingerprint density at radius 1 is 1.11 bits per heavy atom. The minimum Gasteiger partial charge on any atom is -0.339 e. The Hall–Kier alpha value is -1.32. The Balaban J connectivity index is 2.52. The minimum atomic E-state index is 0.0361. The second-order valence-electron chi connectivity index (χ2n) is 5.07. The average molecular weight is 252 g/mol.